The number of aryl methyl sites for hydroxylation is 1. The number of ketones is 1. The summed E-state index contributed by atoms with van der Waals surface area (Å²) in [5.74, 6) is 0.00201. The van der Waals surface area contributed by atoms with Crippen LogP contribution in [-0.2, 0) is 0 Å². The number of fused-ring (bicyclic) bond motifs is 1. The van der Waals surface area contributed by atoms with E-state index < -0.39 is 6.04 Å². The highest BCUT2D eigenvalue weighted by Crippen LogP contribution is 2.28. The monoisotopic (exact) mass is 351 g/mol. The lowest BCUT2D eigenvalue weighted by Gasteiger charge is -2.24. The van der Waals surface area contributed by atoms with Crippen molar-refractivity contribution in [3.63, 3.8) is 0 Å². The molecule has 0 radical (unpaired) electrons. The van der Waals surface area contributed by atoms with Crippen molar-refractivity contribution < 1.29 is 19.1 Å². The zero-order chi connectivity index (χ0) is 19.0. The van der Waals surface area contributed by atoms with Crippen LogP contribution in [0, 0.1) is 13.8 Å². The first-order chi connectivity index (χ1) is 12.3. The molecule has 3 rings (SSSR count). The predicted octanol–water partition coefficient (Wildman–Crippen LogP) is 3.57. The lowest BCUT2D eigenvalue weighted by Crippen LogP contribution is -2.41. The topological polar surface area (TPSA) is 63.7 Å². The van der Waals surface area contributed by atoms with Crippen molar-refractivity contribution >= 4 is 17.6 Å². The van der Waals surface area contributed by atoms with Gasteiger partial charge in [0.2, 0.25) is 0 Å². The lowest BCUT2D eigenvalue weighted by molar-refractivity contribution is 0.0550. The number of ether oxygens (including phenoxy) is 1. The number of carbonyl (C=O) groups excluding carboxylic acids is 3. The number of benzene rings is 2. The highest BCUT2D eigenvalue weighted by Gasteiger charge is 2.38. The number of carbonyl (C=O) groups is 3. The first kappa shape index (κ1) is 17.9. The molecule has 0 aromatic heterocycles. The Morgan fingerprint density at radius 3 is 2.15 bits per heavy atom. The van der Waals surface area contributed by atoms with Gasteiger partial charge in [-0.25, -0.2) is 0 Å². The normalized spacial score (nSPS) is 14.4. The number of amides is 2. The molecule has 0 spiro atoms. The molecule has 5 nitrogen and oxygen atoms in total. The first-order valence-corrected chi connectivity index (χ1v) is 8.53. The van der Waals surface area contributed by atoms with Crippen molar-refractivity contribution in [2.24, 2.45) is 0 Å². The Labute approximate surface area is 152 Å². The summed E-state index contributed by atoms with van der Waals surface area (Å²) in [5.41, 5.74) is 3.14. The van der Waals surface area contributed by atoms with Crippen molar-refractivity contribution in [1.82, 2.24) is 4.90 Å². The fourth-order valence-corrected chi connectivity index (χ4v) is 3.32. The van der Waals surface area contributed by atoms with Gasteiger partial charge in [-0.1, -0.05) is 24.3 Å². The van der Waals surface area contributed by atoms with Gasteiger partial charge in [-0.15, -0.1) is 0 Å². The van der Waals surface area contributed by atoms with Crippen LogP contribution in [0.5, 0.6) is 5.75 Å². The van der Waals surface area contributed by atoms with Gasteiger partial charge < -0.3 is 4.74 Å². The van der Waals surface area contributed by atoms with Crippen molar-refractivity contribution in [3.05, 3.63) is 64.2 Å². The van der Waals surface area contributed by atoms with E-state index in [2.05, 4.69) is 0 Å². The molecule has 5 heteroatoms. The smallest absolute Gasteiger partial charge is 0.261 e. The minimum atomic E-state index is -0.429. The predicted molar refractivity (Wildman–Crippen MR) is 97.8 cm³/mol. The van der Waals surface area contributed by atoms with E-state index in [-0.39, 0.29) is 24.2 Å². The minimum Gasteiger partial charge on any atom is -0.491 e. The maximum absolute atomic E-state index is 12.5. The molecule has 26 heavy (non-hydrogen) atoms. The molecule has 0 saturated heterocycles. The van der Waals surface area contributed by atoms with Crippen LogP contribution < -0.4 is 4.74 Å². The maximum atomic E-state index is 12.5. The molecule has 134 valence electrons. The molecule has 0 aliphatic carbocycles. The second kappa shape index (κ2) is 6.75. The summed E-state index contributed by atoms with van der Waals surface area (Å²) in [6, 6.07) is 10.0. The summed E-state index contributed by atoms with van der Waals surface area (Å²) in [6.07, 6.45) is 0. The van der Waals surface area contributed by atoms with Gasteiger partial charge in [0.05, 0.1) is 17.2 Å². The minimum absolute atomic E-state index is 0.0271. The number of imide groups is 1. The van der Waals surface area contributed by atoms with E-state index in [1.54, 1.807) is 37.3 Å². The van der Waals surface area contributed by atoms with Gasteiger partial charge in [-0.3, -0.25) is 19.3 Å². The second-order valence-electron chi connectivity index (χ2n) is 6.63. The van der Waals surface area contributed by atoms with Gasteiger partial charge in [-0.2, -0.15) is 0 Å². The molecule has 0 bridgehead atoms. The fraction of sp³-hybridized carbons (Fsp3) is 0.286. The van der Waals surface area contributed by atoms with Crippen molar-refractivity contribution in [1.29, 1.82) is 0 Å². The Balaban J connectivity index is 1.80. The molecule has 1 heterocycles. The van der Waals surface area contributed by atoms with E-state index in [9.17, 15) is 14.4 Å². The Bertz CT molecular complexity index is 881. The molecule has 2 amide bonds. The van der Waals surface area contributed by atoms with Crippen molar-refractivity contribution in [2.45, 2.75) is 33.7 Å². The van der Waals surface area contributed by atoms with Crippen molar-refractivity contribution in [2.75, 3.05) is 6.61 Å². The lowest BCUT2D eigenvalue weighted by atomic mass is 10.0. The number of rotatable bonds is 5. The Hall–Kier alpha value is -2.95. The SMILES string of the molecule is CC(=O)c1ccc(C)c(OCC(C)N2C(=O)c3ccccc3C2=O)c1C. The Kier molecular flexibility index (Phi) is 4.64. The Morgan fingerprint density at radius 1 is 1.04 bits per heavy atom. The summed E-state index contributed by atoms with van der Waals surface area (Å²) >= 11 is 0. The summed E-state index contributed by atoms with van der Waals surface area (Å²) in [5, 5.41) is 0. The largest absolute Gasteiger partial charge is 0.491 e. The van der Waals surface area contributed by atoms with Crippen LogP contribution in [-0.4, -0.2) is 35.1 Å². The standard InChI is InChI=1S/C21H21NO4/c1-12-9-10-16(15(4)23)14(3)19(12)26-11-13(2)22-20(24)17-7-5-6-8-18(17)21(22)25/h5-10,13H,11H2,1-4H3. The number of nitrogens with zero attached hydrogens (tertiary/aromatic N) is 1. The highest BCUT2D eigenvalue weighted by atomic mass is 16.5. The van der Waals surface area contributed by atoms with E-state index in [1.165, 1.54) is 11.8 Å². The molecule has 2 aromatic carbocycles. The van der Waals surface area contributed by atoms with Crippen LogP contribution in [0.2, 0.25) is 0 Å². The fourth-order valence-electron chi connectivity index (χ4n) is 3.32. The van der Waals surface area contributed by atoms with Gasteiger partial charge in [0, 0.05) is 11.1 Å². The second-order valence-corrected chi connectivity index (χ2v) is 6.63. The number of hydrogen-bond acceptors (Lipinski definition) is 4. The molecule has 1 aliphatic rings. The van der Waals surface area contributed by atoms with Crippen LogP contribution in [0.15, 0.2) is 36.4 Å². The Morgan fingerprint density at radius 2 is 1.62 bits per heavy atom. The quantitative estimate of drug-likeness (QED) is 0.610. The van der Waals surface area contributed by atoms with E-state index in [0.29, 0.717) is 22.4 Å². The van der Waals surface area contributed by atoms with Crippen LogP contribution in [0.25, 0.3) is 0 Å². The average molecular weight is 351 g/mol. The molecular formula is C21H21NO4. The van der Waals surface area contributed by atoms with Gasteiger partial charge in [0.15, 0.2) is 5.78 Å². The zero-order valence-electron chi connectivity index (χ0n) is 15.3. The van der Waals surface area contributed by atoms with E-state index >= 15 is 0 Å². The molecule has 2 aromatic rings. The summed E-state index contributed by atoms with van der Waals surface area (Å²) < 4.78 is 5.93. The highest BCUT2D eigenvalue weighted by molar-refractivity contribution is 6.21. The van der Waals surface area contributed by atoms with Crippen LogP contribution in [0.1, 0.15) is 56.0 Å². The molecule has 0 N–H and O–H groups in total. The van der Waals surface area contributed by atoms with Crippen molar-refractivity contribution in [3.8, 4) is 5.75 Å². The molecule has 0 fully saturated rings. The van der Waals surface area contributed by atoms with E-state index in [4.69, 9.17) is 4.74 Å². The summed E-state index contributed by atoms with van der Waals surface area (Å²) in [4.78, 5) is 38.1. The molecule has 1 unspecified atom stereocenters. The van der Waals surface area contributed by atoms with Gasteiger partial charge in [0.1, 0.15) is 12.4 Å². The third kappa shape index (κ3) is 2.90. The third-order valence-corrected chi connectivity index (χ3v) is 4.72. The van der Waals surface area contributed by atoms with E-state index in [0.717, 1.165) is 11.1 Å². The van der Waals surface area contributed by atoms with Crippen LogP contribution >= 0.6 is 0 Å². The van der Waals surface area contributed by atoms with Gasteiger partial charge in [0.25, 0.3) is 11.8 Å². The summed E-state index contributed by atoms with van der Waals surface area (Å²) in [7, 11) is 0. The molecule has 1 atom stereocenters. The van der Waals surface area contributed by atoms with Crippen LogP contribution in [0.3, 0.4) is 0 Å². The molecular weight excluding hydrogens is 330 g/mol. The third-order valence-electron chi connectivity index (χ3n) is 4.72. The van der Waals surface area contributed by atoms with Crippen LogP contribution in [0.4, 0.5) is 0 Å². The maximum Gasteiger partial charge on any atom is 0.261 e. The zero-order valence-corrected chi connectivity index (χ0v) is 15.3. The molecule has 0 saturated carbocycles. The average Bonchev–Trinajstić information content (AvgIpc) is 2.85. The number of Topliss-reactive ketones (excluding diaryl/α,β-unsaturated/α-hetero) is 1. The summed E-state index contributed by atoms with van der Waals surface area (Å²) in [6.45, 7) is 7.20. The van der Waals surface area contributed by atoms with Gasteiger partial charge >= 0.3 is 0 Å². The van der Waals surface area contributed by atoms with Gasteiger partial charge in [-0.05, 0) is 45.4 Å². The first-order valence-electron chi connectivity index (χ1n) is 8.53. The van der Waals surface area contributed by atoms with E-state index in [1.807, 2.05) is 19.9 Å². The molecule has 1 aliphatic heterocycles. The number of hydrogen-bond donors (Lipinski definition) is 0.